The van der Waals surface area contributed by atoms with E-state index in [0.29, 0.717) is 22.5 Å². The first-order valence-electron chi connectivity index (χ1n) is 11.7. The van der Waals surface area contributed by atoms with Crippen molar-refractivity contribution in [2.75, 3.05) is 12.4 Å². The summed E-state index contributed by atoms with van der Waals surface area (Å²) in [5.74, 6) is 1.23. The lowest BCUT2D eigenvalue weighted by atomic mass is 9.98. The molecule has 4 aromatic heterocycles. The highest BCUT2D eigenvalue weighted by atomic mass is 32.1. The molecule has 0 spiro atoms. The third-order valence-corrected chi connectivity index (χ3v) is 7.05. The van der Waals surface area contributed by atoms with Crippen LogP contribution in [-0.4, -0.2) is 31.6 Å². The molecule has 0 bridgehead atoms. The summed E-state index contributed by atoms with van der Waals surface area (Å²) in [7, 11) is 1.60. The maximum Gasteiger partial charge on any atom is 0.263 e. The number of methoxy groups -OCH3 is 1. The van der Waals surface area contributed by atoms with Crippen LogP contribution in [0, 0.1) is 0 Å². The van der Waals surface area contributed by atoms with Crippen LogP contribution in [0.4, 0.5) is 5.82 Å². The molecule has 0 aliphatic heterocycles. The van der Waals surface area contributed by atoms with Gasteiger partial charge in [-0.25, -0.2) is 15.0 Å². The van der Waals surface area contributed by atoms with Gasteiger partial charge in [-0.05, 0) is 42.1 Å². The maximum atomic E-state index is 14.3. The molecular weight excluding hydrogens is 484 g/mol. The quantitative estimate of drug-likeness (QED) is 0.313. The number of hydrogen-bond acceptors (Lipinski definition) is 8. The van der Waals surface area contributed by atoms with Gasteiger partial charge in [-0.15, -0.1) is 11.3 Å². The second-order valence-corrected chi connectivity index (χ2v) is 9.32. The number of para-hydroxylation sites is 1. The van der Waals surface area contributed by atoms with Crippen LogP contribution in [-0.2, 0) is 0 Å². The van der Waals surface area contributed by atoms with Crippen LogP contribution in [0.2, 0.25) is 0 Å². The lowest BCUT2D eigenvalue weighted by molar-refractivity contribution is 0.414. The second-order valence-electron chi connectivity index (χ2n) is 8.49. The topological polar surface area (TPSA) is 94.8 Å². The van der Waals surface area contributed by atoms with E-state index in [2.05, 4.69) is 31.3 Å². The third-order valence-electron chi connectivity index (χ3n) is 6.32. The summed E-state index contributed by atoms with van der Waals surface area (Å²) in [5, 5.41) is 4.90. The highest BCUT2D eigenvalue weighted by Crippen LogP contribution is 2.34. The highest BCUT2D eigenvalue weighted by Gasteiger charge is 2.21. The highest BCUT2D eigenvalue weighted by molar-refractivity contribution is 7.16. The fraction of sp³-hybridized carbons (Fsp3) is 0.107. The van der Waals surface area contributed by atoms with Gasteiger partial charge in [-0.1, -0.05) is 36.4 Å². The molecule has 1 atom stereocenters. The van der Waals surface area contributed by atoms with Crippen LogP contribution in [0.15, 0.2) is 89.7 Å². The molecular formula is C28H22N6O2S. The summed E-state index contributed by atoms with van der Waals surface area (Å²) in [5.41, 5.74) is 5.51. The van der Waals surface area contributed by atoms with E-state index in [0.717, 1.165) is 32.7 Å². The van der Waals surface area contributed by atoms with Crippen molar-refractivity contribution in [1.82, 2.24) is 24.5 Å². The van der Waals surface area contributed by atoms with Crippen LogP contribution < -0.4 is 15.6 Å². The largest absolute Gasteiger partial charge is 0.494 e. The molecule has 1 N–H and O–H groups in total. The summed E-state index contributed by atoms with van der Waals surface area (Å²) in [6.45, 7) is 2.01. The van der Waals surface area contributed by atoms with Crippen LogP contribution in [0.5, 0.6) is 5.75 Å². The minimum Gasteiger partial charge on any atom is -0.494 e. The van der Waals surface area contributed by atoms with Gasteiger partial charge >= 0.3 is 0 Å². The molecule has 0 aliphatic rings. The lowest BCUT2D eigenvalue weighted by Gasteiger charge is -2.22. The minimum absolute atomic E-state index is 0.122. The third kappa shape index (κ3) is 3.99. The van der Waals surface area contributed by atoms with Crippen molar-refractivity contribution in [3.63, 3.8) is 0 Å². The molecule has 37 heavy (non-hydrogen) atoms. The van der Waals surface area contributed by atoms with Gasteiger partial charge in [0, 0.05) is 23.1 Å². The van der Waals surface area contributed by atoms with E-state index in [4.69, 9.17) is 4.74 Å². The van der Waals surface area contributed by atoms with E-state index in [1.807, 2.05) is 61.5 Å². The van der Waals surface area contributed by atoms with Crippen LogP contribution in [0.3, 0.4) is 0 Å². The predicted octanol–water partition coefficient (Wildman–Crippen LogP) is 5.63. The number of nitrogens with one attached hydrogen (secondary N) is 1. The van der Waals surface area contributed by atoms with Gasteiger partial charge in [-0.2, -0.15) is 0 Å². The van der Waals surface area contributed by atoms with E-state index in [9.17, 15) is 4.79 Å². The number of rotatable bonds is 6. The summed E-state index contributed by atoms with van der Waals surface area (Å²) < 4.78 is 7.32. The summed E-state index contributed by atoms with van der Waals surface area (Å²) in [6.07, 6.45) is 4.88. The zero-order valence-corrected chi connectivity index (χ0v) is 20.9. The molecule has 6 aromatic rings. The number of hydrogen-bond donors (Lipinski definition) is 1. The molecule has 0 radical (unpaired) electrons. The van der Waals surface area contributed by atoms with E-state index < -0.39 is 0 Å². The van der Waals surface area contributed by atoms with E-state index in [1.54, 1.807) is 29.6 Å². The molecule has 2 aromatic carbocycles. The van der Waals surface area contributed by atoms with Crippen molar-refractivity contribution < 1.29 is 4.74 Å². The van der Waals surface area contributed by atoms with Crippen molar-refractivity contribution in [3.8, 4) is 22.6 Å². The standard InChI is InChI=1S/C28H22N6O2S/c1-17(33-26-25-27(31-15-30-26)37-16-32-25)22-13-18-7-6-10-21(20-11-12-29-14-23(20)36-2)24(18)28(35)34(22)19-8-4-3-5-9-19/h3-17H,1-2H3,(H,30,31,33). The summed E-state index contributed by atoms with van der Waals surface area (Å²) in [6, 6.07) is 19.2. The first-order valence-corrected chi connectivity index (χ1v) is 12.6. The summed E-state index contributed by atoms with van der Waals surface area (Å²) in [4.78, 5) is 32.4. The Labute approximate surface area is 216 Å². The van der Waals surface area contributed by atoms with Crippen molar-refractivity contribution in [2.24, 2.45) is 0 Å². The Bertz CT molecular complexity index is 1800. The van der Waals surface area contributed by atoms with Crippen molar-refractivity contribution in [3.05, 3.63) is 101 Å². The van der Waals surface area contributed by atoms with E-state index >= 15 is 0 Å². The Hall–Kier alpha value is -4.63. The monoisotopic (exact) mass is 506 g/mol. The van der Waals surface area contributed by atoms with Crippen LogP contribution in [0.1, 0.15) is 18.7 Å². The van der Waals surface area contributed by atoms with E-state index in [1.165, 1.54) is 17.7 Å². The first-order chi connectivity index (χ1) is 18.2. The molecule has 9 heteroatoms. The van der Waals surface area contributed by atoms with Gasteiger partial charge < -0.3 is 10.1 Å². The Balaban J connectivity index is 1.59. The normalized spacial score (nSPS) is 12.1. The number of aromatic nitrogens is 5. The van der Waals surface area contributed by atoms with Crippen LogP contribution >= 0.6 is 11.3 Å². The van der Waals surface area contributed by atoms with Gasteiger partial charge in [0.15, 0.2) is 5.82 Å². The molecule has 8 nitrogen and oxygen atoms in total. The number of benzene rings is 2. The summed E-state index contributed by atoms with van der Waals surface area (Å²) >= 11 is 1.46. The molecule has 1 unspecified atom stereocenters. The van der Waals surface area contributed by atoms with Crippen molar-refractivity contribution >= 4 is 38.3 Å². The van der Waals surface area contributed by atoms with Crippen molar-refractivity contribution in [2.45, 2.75) is 13.0 Å². The van der Waals surface area contributed by atoms with Gasteiger partial charge in [-0.3, -0.25) is 14.3 Å². The molecule has 0 saturated carbocycles. The van der Waals surface area contributed by atoms with Gasteiger partial charge in [0.25, 0.3) is 5.56 Å². The Kier molecular flexibility index (Phi) is 5.82. The van der Waals surface area contributed by atoms with E-state index in [-0.39, 0.29) is 11.6 Å². The molecule has 6 rings (SSSR count). The molecule has 4 heterocycles. The SMILES string of the molecule is COc1cnccc1-c1cccc2cc(C(C)Nc3ncnc4scnc34)n(-c3ccccc3)c(=O)c12. The number of pyridine rings is 2. The minimum atomic E-state index is -0.267. The molecule has 0 fully saturated rings. The average Bonchev–Trinajstić information content (AvgIpc) is 3.43. The first kappa shape index (κ1) is 22.8. The Morgan fingerprint density at radius 2 is 1.86 bits per heavy atom. The average molecular weight is 507 g/mol. The number of ether oxygens (including phenoxy) is 1. The lowest BCUT2D eigenvalue weighted by Crippen LogP contribution is -2.26. The molecule has 0 saturated heterocycles. The molecule has 0 amide bonds. The number of nitrogens with zero attached hydrogens (tertiary/aromatic N) is 5. The predicted molar refractivity (Wildman–Crippen MR) is 147 cm³/mol. The number of thiazole rings is 1. The van der Waals surface area contributed by atoms with Gasteiger partial charge in [0.2, 0.25) is 0 Å². The second kappa shape index (κ2) is 9.44. The van der Waals surface area contributed by atoms with Crippen LogP contribution in [0.25, 0.3) is 37.9 Å². The number of fused-ring (bicyclic) bond motifs is 2. The Morgan fingerprint density at radius 3 is 2.70 bits per heavy atom. The Morgan fingerprint density at radius 1 is 1.00 bits per heavy atom. The zero-order valence-electron chi connectivity index (χ0n) is 20.1. The fourth-order valence-electron chi connectivity index (χ4n) is 4.61. The van der Waals surface area contributed by atoms with Crippen molar-refractivity contribution in [1.29, 1.82) is 0 Å². The van der Waals surface area contributed by atoms with Gasteiger partial charge in [0.1, 0.15) is 22.4 Å². The van der Waals surface area contributed by atoms with Gasteiger partial charge in [0.05, 0.1) is 30.2 Å². The maximum absolute atomic E-state index is 14.3. The molecule has 182 valence electrons. The number of anilines is 1. The fourth-order valence-corrected chi connectivity index (χ4v) is 5.24. The molecule has 0 aliphatic carbocycles. The smallest absolute Gasteiger partial charge is 0.263 e. The zero-order chi connectivity index (χ0) is 25.4.